The third kappa shape index (κ3) is 3.99. The molecule has 0 radical (unpaired) electrons. The normalized spacial score (nSPS) is 15.3. The number of thioether (sulfide) groups is 1. The monoisotopic (exact) mass is 476 g/mol. The molecule has 0 saturated carbocycles. The average Bonchev–Trinajstić information content (AvgIpc) is 3.26. The molecule has 1 aliphatic rings. The van der Waals surface area contributed by atoms with Crippen molar-refractivity contribution in [2.45, 2.75) is 0 Å². The van der Waals surface area contributed by atoms with Crippen LogP contribution in [0.1, 0.15) is 5.76 Å². The molecule has 0 bridgehead atoms. The highest BCUT2D eigenvalue weighted by Gasteiger charge is 2.33. The first-order valence-electron chi connectivity index (χ1n) is 8.41. The molecule has 1 amide bonds. The first kappa shape index (κ1) is 20.6. The SMILES string of the molecule is O=C1/C(=C\c2ccc(-c3ccc(Cl)cc3Cl)o2)SC(=S)N1c1ccc([N+](=O)[O-])cc1. The van der Waals surface area contributed by atoms with E-state index in [1.165, 1.54) is 29.2 Å². The minimum atomic E-state index is -0.505. The summed E-state index contributed by atoms with van der Waals surface area (Å²) >= 11 is 18.6. The van der Waals surface area contributed by atoms with Gasteiger partial charge in [0, 0.05) is 28.8 Å². The van der Waals surface area contributed by atoms with E-state index in [0.29, 0.717) is 42.0 Å². The molecule has 0 unspecified atom stereocenters. The van der Waals surface area contributed by atoms with Crippen LogP contribution in [-0.2, 0) is 4.79 Å². The summed E-state index contributed by atoms with van der Waals surface area (Å²) in [4.78, 5) is 24.9. The van der Waals surface area contributed by atoms with Crippen molar-refractivity contribution in [3.8, 4) is 11.3 Å². The van der Waals surface area contributed by atoms with Gasteiger partial charge in [-0.15, -0.1) is 0 Å². The average molecular weight is 477 g/mol. The van der Waals surface area contributed by atoms with Gasteiger partial charge in [-0.3, -0.25) is 19.8 Å². The molecular formula is C20H10Cl2N2O4S2. The van der Waals surface area contributed by atoms with Gasteiger partial charge in [0.15, 0.2) is 4.32 Å². The van der Waals surface area contributed by atoms with Gasteiger partial charge >= 0.3 is 0 Å². The fourth-order valence-corrected chi connectivity index (χ4v) is 4.59. The number of amides is 1. The smallest absolute Gasteiger partial charge is 0.270 e. The predicted octanol–water partition coefficient (Wildman–Crippen LogP) is 6.57. The third-order valence-corrected chi connectivity index (χ3v) is 6.06. The van der Waals surface area contributed by atoms with Gasteiger partial charge in [-0.1, -0.05) is 47.2 Å². The number of carbonyl (C=O) groups excluding carboxylic acids is 1. The molecule has 6 nitrogen and oxygen atoms in total. The molecule has 0 aliphatic carbocycles. The lowest BCUT2D eigenvalue weighted by atomic mass is 10.2. The van der Waals surface area contributed by atoms with E-state index in [1.807, 2.05) is 0 Å². The van der Waals surface area contributed by atoms with Crippen molar-refractivity contribution in [3.05, 3.63) is 85.4 Å². The Kier molecular flexibility index (Phi) is 5.66. The van der Waals surface area contributed by atoms with E-state index in [4.69, 9.17) is 39.8 Å². The van der Waals surface area contributed by atoms with Gasteiger partial charge in [-0.25, -0.2) is 0 Å². The van der Waals surface area contributed by atoms with E-state index in [1.54, 1.807) is 36.4 Å². The number of halogens is 2. The molecule has 150 valence electrons. The van der Waals surface area contributed by atoms with Crippen molar-refractivity contribution in [1.29, 1.82) is 0 Å². The number of rotatable bonds is 4. The number of thiocarbonyl (C=S) groups is 1. The Morgan fingerprint density at radius 3 is 2.50 bits per heavy atom. The number of nitro groups is 1. The largest absolute Gasteiger partial charge is 0.457 e. The molecule has 1 saturated heterocycles. The van der Waals surface area contributed by atoms with Gasteiger partial charge < -0.3 is 4.42 Å². The maximum atomic E-state index is 12.8. The molecule has 10 heteroatoms. The minimum absolute atomic E-state index is 0.0660. The molecular weight excluding hydrogens is 467 g/mol. The second-order valence-corrected chi connectivity index (χ2v) is 8.64. The summed E-state index contributed by atoms with van der Waals surface area (Å²) in [6.07, 6.45) is 1.60. The van der Waals surface area contributed by atoms with Crippen LogP contribution >= 0.6 is 47.2 Å². The summed E-state index contributed by atoms with van der Waals surface area (Å²) in [5.74, 6) is 0.662. The van der Waals surface area contributed by atoms with Crippen LogP contribution in [-0.4, -0.2) is 15.2 Å². The van der Waals surface area contributed by atoms with Gasteiger partial charge in [0.2, 0.25) is 0 Å². The number of furan rings is 1. The van der Waals surface area contributed by atoms with Gasteiger partial charge in [0.25, 0.3) is 11.6 Å². The highest BCUT2D eigenvalue weighted by atomic mass is 35.5. The zero-order chi connectivity index (χ0) is 21.4. The molecule has 2 aromatic carbocycles. The van der Waals surface area contributed by atoms with Crippen LogP contribution in [0.25, 0.3) is 17.4 Å². The molecule has 0 atom stereocenters. The summed E-state index contributed by atoms with van der Waals surface area (Å²) in [5.41, 5.74) is 1.07. The van der Waals surface area contributed by atoms with Crippen molar-refractivity contribution in [2.75, 3.05) is 4.90 Å². The lowest BCUT2D eigenvalue weighted by Gasteiger charge is -2.13. The minimum Gasteiger partial charge on any atom is -0.457 e. The van der Waals surface area contributed by atoms with Crippen molar-refractivity contribution in [2.24, 2.45) is 0 Å². The summed E-state index contributed by atoms with van der Waals surface area (Å²) < 4.78 is 6.14. The number of nitro benzene ring substituents is 1. The van der Waals surface area contributed by atoms with Crippen LogP contribution in [0.2, 0.25) is 10.0 Å². The number of benzene rings is 2. The zero-order valence-electron chi connectivity index (χ0n) is 14.9. The summed E-state index contributed by atoms with van der Waals surface area (Å²) in [6.45, 7) is 0. The molecule has 3 aromatic rings. The molecule has 1 aliphatic heterocycles. The van der Waals surface area contributed by atoms with Crippen LogP contribution in [0.15, 0.2) is 63.9 Å². The van der Waals surface area contributed by atoms with Crippen molar-refractivity contribution in [1.82, 2.24) is 0 Å². The van der Waals surface area contributed by atoms with Crippen molar-refractivity contribution in [3.63, 3.8) is 0 Å². The van der Waals surface area contributed by atoms with E-state index < -0.39 is 4.92 Å². The van der Waals surface area contributed by atoms with E-state index in [2.05, 4.69) is 0 Å². The second kappa shape index (κ2) is 8.23. The van der Waals surface area contributed by atoms with Crippen LogP contribution in [0.4, 0.5) is 11.4 Å². The van der Waals surface area contributed by atoms with Crippen LogP contribution < -0.4 is 4.90 Å². The van der Waals surface area contributed by atoms with Gasteiger partial charge in [-0.05, 0) is 42.5 Å². The number of nitrogens with zero attached hydrogens (tertiary/aromatic N) is 2. The fraction of sp³-hybridized carbons (Fsp3) is 0. The van der Waals surface area contributed by atoms with Crippen molar-refractivity contribution >= 4 is 74.9 Å². The molecule has 0 spiro atoms. The molecule has 2 heterocycles. The Morgan fingerprint density at radius 1 is 1.10 bits per heavy atom. The van der Waals surface area contributed by atoms with Crippen molar-refractivity contribution < 1.29 is 14.1 Å². The Morgan fingerprint density at radius 2 is 1.83 bits per heavy atom. The third-order valence-electron chi connectivity index (χ3n) is 4.21. The Hall–Kier alpha value is -2.65. The first-order valence-corrected chi connectivity index (χ1v) is 10.4. The maximum absolute atomic E-state index is 12.8. The van der Waals surface area contributed by atoms with E-state index in [-0.39, 0.29) is 11.6 Å². The number of non-ortho nitro benzene ring substituents is 1. The second-order valence-electron chi connectivity index (χ2n) is 6.12. The molecule has 1 fully saturated rings. The fourth-order valence-electron chi connectivity index (χ4n) is 2.81. The predicted molar refractivity (Wildman–Crippen MR) is 123 cm³/mol. The standard InChI is InChI=1S/C20H10Cl2N2O4S2/c21-11-1-7-15(16(22)9-11)17-8-6-14(28-17)10-18-19(25)23(20(29)30-18)12-2-4-13(5-3-12)24(26)27/h1-10H/b18-10+. The molecule has 0 N–H and O–H groups in total. The van der Waals surface area contributed by atoms with Crippen LogP contribution in [0.5, 0.6) is 0 Å². The number of hydrogen-bond donors (Lipinski definition) is 0. The number of anilines is 1. The summed E-state index contributed by atoms with van der Waals surface area (Å²) in [5, 5.41) is 11.8. The van der Waals surface area contributed by atoms with Gasteiger partial charge in [-0.2, -0.15) is 0 Å². The quantitative estimate of drug-likeness (QED) is 0.183. The molecule has 30 heavy (non-hydrogen) atoms. The summed E-state index contributed by atoms with van der Waals surface area (Å²) in [6, 6.07) is 14.2. The lowest BCUT2D eigenvalue weighted by Crippen LogP contribution is -2.27. The maximum Gasteiger partial charge on any atom is 0.270 e. The van der Waals surface area contributed by atoms with Crippen LogP contribution in [0, 0.1) is 10.1 Å². The number of hydrogen-bond acceptors (Lipinski definition) is 6. The van der Waals surface area contributed by atoms with E-state index >= 15 is 0 Å². The highest BCUT2D eigenvalue weighted by molar-refractivity contribution is 8.27. The Balaban J connectivity index is 1.59. The molecule has 1 aromatic heterocycles. The number of carbonyl (C=O) groups is 1. The first-order chi connectivity index (χ1) is 14.3. The van der Waals surface area contributed by atoms with Crippen LogP contribution in [0.3, 0.4) is 0 Å². The van der Waals surface area contributed by atoms with E-state index in [9.17, 15) is 14.9 Å². The van der Waals surface area contributed by atoms with E-state index in [0.717, 1.165) is 11.8 Å². The molecule has 4 rings (SSSR count). The Labute approximate surface area is 190 Å². The topological polar surface area (TPSA) is 76.6 Å². The van der Waals surface area contributed by atoms with Gasteiger partial charge in [0.05, 0.1) is 20.5 Å². The zero-order valence-corrected chi connectivity index (χ0v) is 18.0. The highest BCUT2D eigenvalue weighted by Crippen LogP contribution is 2.37. The summed E-state index contributed by atoms with van der Waals surface area (Å²) in [7, 11) is 0. The lowest BCUT2D eigenvalue weighted by molar-refractivity contribution is -0.384. The Bertz CT molecular complexity index is 1220. The van der Waals surface area contributed by atoms with Gasteiger partial charge in [0.1, 0.15) is 11.5 Å².